The topological polar surface area (TPSA) is 80.9 Å². The molecule has 0 bridgehead atoms. The smallest absolute Gasteiger partial charge is 0.226 e. The monoisotopic (exact) mass is 390 g/mol. The lowest BCUT2D eigenvalue weighted by atomic mass is 10.1. The van der Waals surface area contributed by atoms with Crippen LogP contribution in [0.5, 0.6) is 0 Å². The zero-order valence-electron chi connectivity index (χ0n) is 13.6. The van der Waals surface area contributed by atoms with Gasteiger partial charge in [-0.2, -0.15) is 0 Å². The summed E-state index contributed by atoms with van der Waals surface area (Å²) in [6.45, 7) is 2.61. The molecule has 3 N–H and O–H groups in total. The lowest BCUT2D eigenvalue weighted by Gasteiger charge is -2.15. The number of unbranched alkanes of at least 4 members (excludes halogenated alkanes) is 1. The van der Waals surface area contributed by atoms with Crippen LogP contribution < -0.4 is 11.1 Å². The molecule has 0 fully saturated rings. The second-order valence-corrected chi connectivity index (χ2v) is 6.06. The lowest BCUT2D eigenvalue weighted by molar-refractivity contribution is -0.121. The molecule has 0 aliphatic carbocycles. The van der Waals surface area contributed by atoms with Crippen molar-refractivity contribution in [2.45, 2.75) is 38.6 Å². The van der Waals surface area contributed by atoms with Crippen molar-refractivity contribution in [3.8, 4) is 10.6 Å². The molecule has 0 aromatic carbocycles. The summed E-state index contributed by atoms with van der Waals surface area (Å²) in [5.41, 5.74) is 7.46. The van der Waals surface area contributed by atoms with Crippen LogP contribution >= 0.6 is 36.2 Å². The summed E-state index contributed by atoms with van der Waals surface area (Å²) >= 11 is 1.53. The third-order valence-electron chi connectivity index (χ3n) is 3.36. The number of hydrogen-bond acceptors (Lipinski definition) is 5. The molecule has 0 aliphatic rings. The number of aromatic nitrogens is 2. The summed E-state index contributed by atoms with van der Waals surface area (Å²) in [5.74, 6) is -0.0189. The largest absolute Gasteiger partial charge is 0.352 e. The number of thiazole rings is 1. The Morgan fingerprint density at radius 3 is 2.83 bits per heavy atom. The number of rotatable bonds is 8. The maximum atomic E-state index is 12.1. The van der Waals surface area contributed by atoms with Crippen molar-refractivity contribution in [2.24, 2.45) is 5.73 Å². The predicted octanol–water partition coefficient (Wildman–Crippen LogP) is 3.22. The molecule has 134 valence electrons. The molecular formula is C16H24Cl2N4OS. The first-order valence-corrected chi connectivity index (χ1v) is 8.45. The quantitative estimate of drug-likeness (QED) is 0.724. The molecule has 8 heteroatoms. The number of nitrogens with two attached hydrogens (primary N) is 1. The van der Waals surface area contributed by atoms with Crippen LogP contribution in [0.15, 0.2) is 29.9 Å². The van der Waals surface area contributed by atoms with Gasteiger partial charge in [-0.3, -0.25) is 9.78 Å². The van der Waals surface area contributed by atoms with E-state index in [0.29, 0.717) is 13.0 Å². The number of halogens is 2. The molecular weight excluding hydrogens is 367 g/mol. The first kappa shape index (κ1) is 22.8. The van der Waals surface area contributed by atoms with E-state index in [1.165, 1.54) is 11.3 Å². The standard InChI is InChI=1S/C16H22N4OS.2ClH/c1-2-3-6-13(9-17)19-15(21)8-14-11-22-16(20-14)12-5-4-7-18-10-12;;/h4-5,7,10-11,13H,2-3,6,8-9,17H2,1H3,(H,19,21);2*1H. The van der Waals surface area contributed by atoms with Gasteiger partial charge in [0.15, 0.2) is 0 Å². The highest BCUT2D eigenvalue weighted by Crippen LogP contribution is 2.22. The van der Waals surface area contributed by atoms with E-state index in [1.54, 1.807) is 12.4 Å². The van der Waals surface area contributed by atoms with Crippen LogP contribution in [-0.4, -0.2) is 28.5 Å². The SMILES string of the molecule is CCCCC(CN)NC(=O)Cc1csc(-c2cccnc2)n1.Cl.Cl. The molecule has 0 spiro atoms. The minimum Gasteiger partial charge on any atom is -0.352 e. The highest BCUT2D eigenvalue weighted by Gasteiger charge is 2.13. The van der Waals surface area contributed by atoms with E-state index >= 15 is 0 Å². The van der Waals surface area contributed by atoms with E-state index in [9.17, 15) is 4.79 Å². The van der Waals surface area contributed by atoms with Gasteiger partial charge in [0.25, 0.3) is 0 Å². The van der Waals surface area contributed by atoms with E-state index in [0.717, 1.165) is 35.5 Å². The van der Waals surface area contributed by atoms with Crippen molar-refractivity contribution >= 4 is 42.1 Å². The van der Waals surface area contributed by atoms with Crippen LogP contribution in [0.3, 0.4) is 0 Å². The minimum atomic E-state index is -0.0189. The number of carbonyl (C=O) groups is 1. The van der Waals surface area contributed by atoms with Gasteiger partial charge < -0.3 is 11.1 Å². The number of pyridine rings is 1. The third kappa shape index (κ3) is 7.13. The molecule has 2 aromatic rings. The number of nitrogens with zero attached hydrogens (tertiary/aromatic N) is 2. The third-order valence-corrected chi connectivity index (χ3v) is 4.30. The fourth-order valence-electron chi connectivity index (χ4n) is 2.15. The van der Waals surface area contributed by atoms with Gasteiger partial charge in [-0.25, -0.2) is 4.98 Å². The predicted molar refractivity (Wildman–Crippen MR) is 104 cm³/mol. The summed E-state index contributed by atoms with van der Waals surface area (Å²) in [5, 5.41) is 5.80. The Morgan fingerprint density at radius 2 is 2.21 bits per heavy atom. The number of amides is 1. The zero-order valence-corrected chi connectivity index (χ0v) is 16.1. The summed E-state index contributed by atoms with van der Waals surface area (Å²) in [6.07, 6.45) is 6.90. The first-order chi connectivity index (χ1) is 10.7. The van der Waals surface area contributed by atoms with Gasteiger partial charge in [-0.1, -0.05) is 19.8 Å². The Hall–Kier alpha value is -1.21. The minimum absolute atomic E-state index is 0. The Kier molecular flexibility index (Phi) is 11.6. The summed E-state index contributed by atoms with van der Waals surface area (Å²) in [6, 6.07) is 3.90. The van der Waals surface area contributed by atoms with Gasteiger partial charge in [0.1, 0.15) is 5.01 Å². The fraction of sp³-hybridized carbons (Fsp3) is 0.438. The van der Waals surface area contributed by atoms with Crippen molar-refractivity contribution in [3.05, 3.63) is 35.6 Å². The van der Waals surface area contributed by atoms with Gasteiger partial charge >= 0.3 is 0 Å². The maximum absolute atomic E-state index is 12.1. The highest BCUT2D eigenvalue weighted by atomic mass is 35.5. The maximum Gasteiger partial charge on any atom is 0.226 e. The van der Waals surface area contributed by atoms with Crippen LogP contribution in [0.1, 0.15) is 31.9 Å². The summed E-state index contributed by atoms with van der Waals surface area (Å²) < 4.78 is 0. The van der Waals surface area contributed by atoms with Gasteiger partial charge in [0.05, 0.1) is 12.1 Å². The fourth-order valence-corrected chi connectivity index (χ4v) is 2.96. The van der Waals surface area contributed by atoms with Crippen LogP contribution in [-0.2, 0) is 11.2 Å². The van der Waals surface area contributed by atoms with Crippen LogP contribution in [0.4, 0.5) is 0 Å². The molecule has 1 atom stereocenters. The van der Waals surface area contributed by atoms with Crippen molar-refractivity contribution < 1.29 is 4.79 Å². The molecule has 0 saturated carbocycles. The lowest BCUT2D eigenvalue weighted by Crippen LogP contribution is -2.40. The molecule has 1 amide bonds. The summed E-state index contributed by atoms with van der Waals surface area (Å²) in [7, 11) is 0. The van der Waals surface area contributed by atoms with Gasteiger partial charge in [0, 0.05) is 35.9 Å². The van der Waals surface area contributed by atoms with Crippen LogP contribution in [0, 0.1) is 0 Å². The van der Waals surface area contributed by atoms with Crippen molar-refractivity contribution in [3.63, 3.8) is 0 Å². The van der Waals surface area contributed by atoms with Crippen molar-refractivity contribution in [2.75, 3.05) is 6.54 Å². The number of nitrogens with one attached hydrogen (secondary N) is 1. The van der Waals surface area contributed by atoms with E-state index in [4.69, 9.17) is 5.73 Å². The molecule has 2 aromatic heterocycles. The van der Waals surface area contributed by atoms with Crippen LogP contribution in [0.25, 0.3) is 10.6 Å². The van der Waals surface area contributed by atoms with Crippen LogP contribution in [0.2, 0.25) is 0 Å². The van der Waals surface area contributed by atoms with E-state index in [2.05, 4.69) is 22.2 Å². The highest BCUT2D eigenvalue weighted by molar-refractivity contribution is 7.13. The van der Waals surface area contributed by atoms with Gasteiger partial charge in [-0.05, 0) is 18.6 Å². The van der Waals surface area contributed by atoms with E-state index < -0.39 is 0 Å². The van der Waals surface area contributed by atoms with E-state index in [1.807, 2.05) is 17.5 Å². The second kappa shape index (κ2) is 12.2. The van der Waals surface area contributed by atoms with Gasteiger partial charge in [-0.15, -0.1) is 36.2 Å². The number of carbonyl (C=O) groups excluding carboxylic acids is 1. The Labute approximate surface area is 159 Å². The molecule has 5 nitrogen and oxygen atoms in total. The second-order valence-electron chi connectivity index (χ2n) is 5.20. The molecule has 0 saturated heterocycles. The van der Waals surface area contributed by atoms with Crippen molar-refractivity contribution in [1.29, 1.82) is 0 Å². The normalized spacial score (nSPS) is 11.1. The Bertz CT molecular complexity index is 595. The average molecular weight is 391 g/mol. The average Bonchev–Trinajstić information content (AvgIpc) is 3.00. The first-order valence-electron chi connectivity index (χ1n) is 7.57. The molecule has 24 heavy (non-hydrogen) atoms. The van der Waals surface area contributed by atoms with Crippen molar-refractivity contribution in [1.82, 2.24) is 15.3 Å². The van der Waals surface area contributed by atoms with Gasteiger partial charge in [0.2, 0.25) is 5.91 Å². The van der Waals surface area contributed by atoms with E-state index in [-0.39, 0.29) is 36.8 Å². The summed E-state index contributed by atoms with van der Waals surface area (Å²) in [4.78, 5) is 20.7. The molecule has 1 unspecified atom stereocenters. The Morgan fingerprint density at radius 1 is 1.42 bits per heavy atom. The molecule has 0 aliphatic heterocycles. The number of hydrogen-bond donors (Lipinski definition) is 2. The zero-order chi connectivity index (χ0) is 15.8. The Balaban J connectivity index is 0.00000264. The molecule has 0 radical (unpaired) electrons. The molecule has 2 rings (SSSR count). The molecule has 2 heterocycles.